The van der Waals surface area contributed by atoms with E-state index in [2.05, 4.69) is 14.8 Å². The average Bonchev–Trinajstić information content (AvgIpc) is 3.02. The van der Waals surface area contributed by atoms with Gasteiger partial charge in [-0.05, 0) is 19.1 Å². The zero-order valence-electron chi connectivity index (χ0n) is 10.4. The van der Waals surface area contributed by atoms with E-state index in [1.54, 1.807) is 31.2 Å². The van der Waals surface area contributed by atoms with Crippen molar-refractivity contribution < 1.29 is 18.4 Å². The number of para-hydroxylation sites is 2. The van der Waals surface area contributed by atoms with Crippen LogP contribution in [0, 0.1) is 0 Å². The molecule has 0 bridgehead atoms. The number of fused-ring (bicyclic) bond motifs is 1. The summed E-state index contributed by atoms with van der Waals surface area (Å²) in [7, 11) is 0. The first-order valence-electron chi connectivity index (χ1n) is 5.82. The van der Waals surface area contributed by atoms with Gasteiger partial charge in [-0.1, -0.05) is 16.8 Å². The number of hydrogen-bond donors (Lipinski definition) is 0. The minimum atomic E-state index is -0.958. The molecule has 0 N–H and O–H groups in total. The van der Waals surface area contributed by atoms with E-state index in [4.69, 9.17) is 8.83 Å². The molecule has 0 atom stereocenters. The Morgan fingerprint density at radius 3 is 2.85 bits per heavy atom. The Hall–Kier alpha value is -2.90. The van der Waals surface area contributed by atoms with Crippen LogP contribution >= 0.6 is 0 Å². The highest BCUT2D eigenvalue weighted by Crippen LogP contribution is 2.21. The number of carbonyl (C=O) groups is 1. The third kappa shape index (κ3) is 1.96. The van der Waals surface area contributed by atoms with Crippen LogP contribution in [-0.2, 0) is 4.74 Å². The Kier molecular flexibility index (Phi) is 2.82. The lowest BCUT2D eigenvalue weighted by Crippen LogP contribution is -2.25. The van der Waals surface area contributed by atoms with E-state index < -0.39 is 11.8 Å². The quantitative estimate of drug-likeness (QED) is 0.700. The standard InChI is InChI=1S/C12H9N3O5/c1-2-18-11(16)15-12(17)20-10(14-15)9-13-7-5-3-4-6-8(7)19-9/h3-6H,2H2,1H3. The predicted octanol–water partition coefficient (Wildman–Crippen LogP) is 1.65. The molecule has 0 amide bonds. The predicted molar refractivity (Wildman–Crippen MR) is 66.2 cm³/mol. The molecule has 8 nitrogen and oxygen atoms in total. The Morgan fingerprint density at radius 2 is 2.10 bits per heavy atom. The second-order valence-electron chi connectivity index (χ2n) is 3.77. The van der Waals surface area contributed by atoms with E-state index in [-0.39, 0.29) is 18.4 Å². The molecular formula is C12H9N3O5. The molecule has 0 unspecified atom stereocenters. The van der Waals surface area contributed by atoms with Crippen LogP contribution in [0.2, 0.25) is 0 Å². The van der Waals surface area contributed by atoms with Crippen molar-refractivity contribution in [3.8, 4) is 11.8 Å². The van der Waals surface area contributed by atoms with Crippen LogP contribution in [0.15, 0.2) is 37.9 Å². The van der Waals surface area contributed by atoms with Crippen molar-refractivity contribution in [1.29, 1.82) is 0 Å². The molecule has 0 aliphatic heterocycles. The molecule has 8 heteroatoms. The SMILES string of the molecule is CCOC(=O)n1nc(-c2nc3ccccc3o2)oc1=O. The van der Waals surface area contributed by atoms with Gasteiger partial charge in [-0.3, -0.25) is 0 Å². The number of aromatic nitrogens is 3. The van der Waals surface area contributed by atoms with Gasteiger partial charge >= 0.3 is 17.7 Å². The second kappa shape index (κ2) is 4.65. The Morgan fingerprint density at radius 1 is 1.30 bits per heavy atom. The maximum atomic E-state index is 11.5. The van der Waals surface area contributed by atoms with Crippen LogP contribution in [0.4, 0.5) is 4.79 Å². The van der Waals surface area contributed by atoms with Crippen molar-refractivity contribution in [3.05, 3.63) is 34.8 Å². The molecule has 3 rings (SSSR count). The fraction of sp³-hybridized carbons (Fsp3) is 0.167. The summed E-state index contributed by atoms with van der Waals surface area (Å²) in [5.74, 6) is -1.12. The molecule has 0 radical (unpaired) electrons. The number of oxazole rings is 1. The highest BCUT2D eigenvalue weighted by atomic mass is 16.6. The van der Waals surface area contributed by atoms with E-state index in [1.165, 1.54) is 0 Å². The third-order valence-electron chi connectivity index (χ3n) is 2.47. The van der Waals surface area contributed by atoms with Gasteiger partial charge in [0, 0.05) is 0 Å². The molecular weight excluding hydrogens is 266 g/mol. The summed E-state index contributed by atoms with van der Waals surface area (Å²) in [5.41, 5.74) is 1.12. The van der Waals surface area contributed by atoms with Crippen LogP contribution in [0.3, 0.4) is 0 Å². The van der Waals surface area contributed by atoms with Gasteiger partial charge in [0.15, 0.2) is 5.58 Å². The summed E-state index contributed by atoms with van der Waals surface area (Å²) < 4.78 is 15.4. The lowest BCUT2D eigenvalue weighted by Gasteiger charge is -1.96. The highest BCUT2D eigenvalue weighted by Gasteiger charge is 2.20. The van der Waals surface area contributed by atoms with Gasteiger partial charge in [0.05, 0.1) is 6.61 Å². The largest absolute Gasteiger partial charge is 0.448 e. The average molecular weight is 275 g/mol. The second-order valence-corrected chi connectivity index (χ2v) is 3.77. The van der Waals surface area contributed by atoms with Crippen molar-refractivity contribution in [2.75, 3.05) is 6.61 Å². The Bertz CT molecular complexity index is 796. The van der Waals surface area contributed by atoms with E-state index >= 15 is 0 Å². The normalized spacial score (nSPS) is 10.8. The first kappa shape index (κ1) is 12.2. The van der Waals surface area contributed by atoms with Gasteiger partial charge in [-0.2, -0.15) is 0 Å². The first-order valence-corrected chi connectivity index (χ1v) is 5.82. The monoisotopic (exact) mass is 275 g/mol. The van der Waals surface area contributed by atoms with E-state index in [1.807, 2.05) is 0 Å². The molecule has 0 aliphatic carbocycles. The number of carbonyl (C=O) groups excluding carboxylic acids is 1. The van der Waals surface area contributed by atoms with Crippen molar-refractivity contribution >= 4 is 17.2 Å². The molecule has 102 valence electrons. The number of rotatable bonds is 2. The minimum absolute atomic E-state index is 0.0198. The fourth-order valence-corrected chi connectivity index (χ4v) is 1.63. The summed E-state index contributed by atoms with van der Waals surface area (Å²) >= 11 is 0. The summed E-state index contributed by atoms with van der Waals surface area (Å²) in [6.07, 6.45) is -0.913. The smallest absolute Gasteiger partial charge is 0.447 e. The van der Waals surface area contributed by atoms with Crippen LogP contribution in [0.5, 0.6) is 0 Å². The van der Waals surface area contributed by atoms with Gasteiger partial charge in [0.1, 0.15) is 5.52 Å². The van der Waals surface area contributed by atoms with Crippen LogP contribution in [0.25, 0.3) is 22.9 Å². The van der Waals surface area contributed by atoms with Gasteiger partial charge in [-0.25, -0.2) is 14.6 Å². The maximum Gasteiger partial charge on any atom is 0.447 e. The maximum absolute atomic E-state index is 11.5. The molecule has 0 fully saturated rings. The summed E-state index contributed by atoms with van der Waals surface area (Å²) in [5, 5.41) is 3.70. The van der Waals surface area contributed by atoms with Crippen LogP contribution < -0.4 is 5.76 Å². The zero-order chi connectivity index (χ0) is 14.1. The van der Waals surface area contributed by atoms with Crippen molar-refractivity contribution in [2.45, 2.75) is 6.92 Å². The third-order valence-corrected chi connectivity index (χ3v) is 2.47. The first-order chi connectivity index (χ1) is 9.69. The summed E-state index contributed by atoms with van der Waals surface area (Å²) in [6.45, 7) is 1.74. The van der Waals surface area contributed by atoms with Gasteiger partial charge in [-0.15, -0.1) is 5.10 Å². The number of benzene rings is 1. The Labute approximate surface area is 111 Å². The van der Waals surface area contributed by atoms with Gasteiger partial charge in [0.25, 0.3) is 5.89 Å². The number of nitrogens with zero attached hydrogens (tertiary/aromatic N) is 3. The van der Waals surface area contributed by atoms with Crippen molar-refractivity contribution in [2.24, 2.45) is 0 Å². The lowest BCUT2D eigenvalue weighted by atomic mass is 10.3. The molecule has 0 saturated carbocycles. The number of hydrogen-bond acceptors (Lipinski definition) is 7. The molecule has 20 heavy (non-hydrogen) atoms. The van der Waals surface area contributed by atoms with E-state index in [0.717, 1.165) is 0 Å². The minimum Gasteiger partial charge on any atom is -0.448 e. The molecule has 0 spiro atoms. The topological polar surface area (TPSA) is 100 Å². The van der Waals surface area contributed by atoms with Gasteiger partial charge in [0.2, 0.25) is 0 Å². The molecule has 3 aromatic rings. The molecule has 0 saturated heterocycles. The Balaban J connectivity index is 2.04. The lowest BCUT2D eigenvalue weighted by molar-refractivity contribution is 0.148. The highest BCUT2D eigenvalue weighted by molar-refractivity contribution is 5.75. The summed E-state index contributed by atoms with van der Waals surface area (Å²) in [4.78, 5) is 27.1. The fourth-order valence-electron chi connectivity index (χ4n) is 1.63. The van der Waals surface area contributed by atoms with Crippen molar-refractivity contribution in [1.82, 2.24) is 14.8 Å². The molecule has 0 aliphatic rings. The van der Waals surface area contributed by atoms with Crippen LogP contribution in [-0.4, -0.2) is 27.5 Å². The summed E-state index contributed by atoms with van der Waals surface area (Å²) in [6, 6.07) is 7.03. The van der Waals surface area contributed by atoms with Gasteiger partial charge < -0.3 is 13.6 Å². The molecule has 2 aromatic heterocycles. The molecule has 2 heterocycles. The molecule has 1 aromatic carbocycles. The van der Waals surface area contributed by atoms with Crippen molar-refractivity contribution in [3.63, 3.8) is 0 Å². The van der Waals surface area contributed by atoms with Crippen LogP contribution in [0.1, 0.15) is 6.92 Å². The van der Waals surface area contributed by atoms with E-state index in [9.17, 15) is 9.59 Å². The van der Waals surface area contributed by atoms with E-state index in [0.29, 0.717) is 15.8 Å². The zero-order valence-corrected chi connectivity index (χ0v) is 10.4. The number of ether oxygens (including phenoxy) is 1.